The zero-order valence-corrected chi connectivity index (χ0v) is 11.3. The van der Waals surface area contributed by atoms with Crippen molar-refractivity contribution in [3.05, 3.63) is 29.7 Å². The summed E-state index contributed by atoms with van der Waals surface area (Å²) in [5.74, 6) is 0.764. The molecule has 1 amide bonds. The molecule has 19 heavy (non-hydrogen) atoms. The second kappa shape index (κ2) is 5.64. The molecular weight excluding hydrogens is 246 g/mol. The smallest absolute Gasteiger partial charge is 0.269 e. The Hall–Kier alpha value is -2.18. The summed E-state index contributed by atoms with van der Waals surface area (Å²) in [4.78, 5) is 12.0. The van der Waals surface area contributed by atoms with E-state index in [0.29, 0.717) is 23.9 Å². The van der Waals surface area contributed by atoms with Crippen molar-refractivity contribution >= 4 is 5.91 Å². The monoisotopic (exact) mass is 263 g/mol. The maximum Gasteiger partial charge on any atom is 0.269 e. The average Bonchev–Trinajstić information content (AvgIpc) is 3.04. The van der Waals surface area contributed by atoms with Gasteiger partial charge in [-0.05, 0) is 19.9 Å². The first kappa shape index (κ1) is 13.3. The summed E-state index contributed by atoms with van der Waals surface area (Å²) in [6.45, 7) is 6.08. The first-order chi connectivity index (χ1) is 9.11. The molecule has 0 saturated heterocycles. The minimum absolute atomic E-state index is 0.130. The van der Waals surface area contributed by atoms with Gasteiger partial charge >= 0.3 is 0 Å². The van der Waals surface area contributed by atoms with Crippen LogP contribution in [0.2, 0.25) is 0 Å². The molecule has 7 heteroatoms. The fraction of sp³-hybridized carbons (Fsp3) is 0.500. The minimum Gasteiger partial charge on any atom is -0.423 e. The summed E-state index contributed by atoms with van der Waals surface area (Å²) in [6.07, 6.45) is 2.29. The van der Waals surface area contributed by atoms with E-state index in [0.717, 1.165) is 0 Å². The van der Waals surface area contributed by atoms with Crippen LogP contribution in [-0.2, 0) is 13.0 Å². The summed E-state index contributed by atoms with van der Waals surface area (Å²) < 4.78 is 6.99. The highest BCUT2D eigenvalue weighted by atomic mass is 16.4. The lowest BCUT2D eigenvalue weighted by molar-refractivity contribution is 0.0934. The zero-order valence-electron chi connectivity index (χ0n) is 11.3. The summed E-state index contributed by atoms with van der Waals surface area (Å²) in [6, 6.07) is 1.81. The van der Waals surface area contributed by atoms with Crippen molar-refractivity contribution in [2.45, 2.75) is 39.8 Å². The summed E-state index contributed by atoms with van der Waals surface area (Å²) >= 11 is 0. The van der Waals surface area contributed by atoms with Crippen LogP contribution in [-0.4, -0.2) is 25.9 Å². The molecule has 0 atom stereocenters. The second-order valence-electron chi connectivity index (χ2n) is 4.38. The number of aryl methyl sites for hydroxylation is 1. The molecular formula is C12H17N5O2. The minimum atomic E-state index is -0.206. The lowest BCUT2D eigenvalue weighted by Crippen LogP contribution is -2.26. The van der Waals surface area contributed by atoms with Crippen molar-refractivity contribution in [3.8, 4) is 0 Å². The Morgan fingerprint density at radius 3 is 2.79 bits per heavy atom. The van der Waals surface area contributed by atoms with Gasteiger partial charge in [0.05, 0.1) is 6.54 Å². The Morgan fingerprint density at radius 1 is 1.42 bits per heavy atom. The maximum atomic E-state index is 12.0. The third-order valence-electron chi connectivity index (χ3n) is 2.60. The van der Waals surface area contributed by atoms with Crippen molar-refractivity contribution in [3.63, 3.8) is 0 Å². The summed E-state index contributed by atoms with van der Waals surface area (Å²) in [5, 5.41) is 14.5. The molecule has 2 aromatic rings. The highest BCUT2D eigenvalue weighted by Crippen LogP contribution is 2.08. The predicted molar refractivity (Wildman–Crippen MR) is 67.5 cm³/mol. The normalized spacial score (nSPS) is 10.9. The Labute approximate surface area is 111 Å². The number of aromatic nitrogens is 4. The van der Waals surface area contributed by atoms with E-state index in [4.69, 9.17) is 4.42 Å². The third-order valence-corrected chi connectivity index (χ3v) is 2.60. The molecule has 0 fully saturated rings. The van der Waals surface area contributed by atoms with Crippen LogP contribution in [0.25, 0.3) is 0 Å². The molecule has 1 N–H and O–H groups in total. The van der Waals surface area contributed by atoms with E-state index >= 15 is 0 Å². The van der Waals surface area contributed by atoms with Crippen LogP contribution < -0.4 is 5.32 Å². The van der Waals surface area contributed by atoms with Crippen molar-refractivity contribution in [2.75, 3.05) is 0 Å². The molecule has 0 spiro atoms. The number of hydrogen-bond donors (Lipinski definition) is 1. The quantitative estimate of drug-likeness (QED) is 0.879. The van der Waals surface area contributed by atoms with Crippen LogP contribution in [0.3, 0.4) is 0 Å². The molecule has 7 nitrogen and oxygen atoms in total. The van der Waals surface area contributed by atoms with E-state index in [2.05, 4.69) is 20.6 Å². The van der Waals surface area contributed by atoms with E-state index in [1.165, 1.54) is 0 Å². The summed E-state index contributed by atoms with van der Waals surface area (Å²) in [5.41, 5.74) is 0.519. The van der Waals surface area contributed by atoms with Crippen LogP contribution in [0.4, 0.5) is 0 Å². The Morgan fingerprint density at radius 2 is 2.16 bits per heavy atom. The van der Waals surface area contributed by atoms with Crippen LogP contribution >= 0.6 is 0 Å². The van der Waals surface area contributed by atoms with Gasteiger partial charge in [0.15, 0.2) is 0 Å². The van der Waals surface area contributed by atoms with Crippen LogP contribution in [0.15, 0.2) is 16.7 Å². The summed E-state index contributed by atoms with van der Waals surface area (Å²) in [7, 11) is 0. The molecule has 0 aliphatic carbocycles. The fourth-order valence-electron chi connectivity index (χ4n) is 1.65. The van der Waals surface area contributed by atoms with Crippen molar-refractivity contribution < 1.29 is 9.21 Å². The molecule has 2 aromatic heterocycles. The van der Waals surface area contributed by atoms with Gasteiger partial charge in [0.2, 0.25) is 11.8 Å². The lowest BCUT2D eigenvalue weighted by Gasteiger charge is -2.10. The molecule has 0 aliphatic rings. The van der Waals surface area contributed by atoms with Crippen LogP contribution in [0, 0.1) is 0 Å². The molecule has 0 saturated carbocycles. The number of hydrogen-bond acceptors (Lipinski definition) is 5. The molecule has 2 rings (SSSR count). The van der Waals surface area contributed by atoms with E-state index in [-0.39, 0.29) is 18.5 Å². The van der Waals surface area contributed by atoms with Crippen LogP contribution in [0.1, 0.15) is 49.1 Å². The molecule has 0 aliphatic heterocycles. The third kappa shape index (κ3) is 2.98. The molecule has 0 bridgehead atoms. The zero-order chi connectivity index (χ0) is 13.8. The molecule has 0 unspecified atom stereocenters. The predicted octanol–water partition coefficient (Wildman–Crippen LogP) is 1.34. The van der Waals surface area contributed by atoms with Crippen LogP contribution in [0.5, 0.6) is 0 Å². The van der Waals surface area contributed by atoms with Crippen molar-refractivity contribution in [1.82, 2.24) is 25.3 Å². The van der Waals surface area contributed by atoms with Gasteiger partial charge in [-0.25, -0.2) is 0 Å². The van der Waals surface area contributed by atoms with E-state index in [1.54, 1.807) is 16.9 Å². The number of amides is 1. The Bertz CT molecular complexity index is 558. The van der Waals surface area contributed by atoms with Crippen molar-refractivity contribution in [1.29, 1.82) is 0 Å². The SMILES string of the molecule is CCc1nnc(CNC(=O)c2ccnn2C(C)C)o1. The molecule has 0 aromatic carbocycles. The number of carbonyl (C=O) groups excluding carboxylic acids is 1. The molecule has 2 heterocycles. The highest BCUT2D eigenvalue weighted by Gasteiger charge is 2.14. The number of nitrogens with one attached hydrogen (secondary N) is 1. The molecule has 0 radical (unpaired) electrons. The van der Waals surface area contributed by atoms with Gasteiger partial charge in [-0.1, -0.05) is 6.92 Å². The van der Waals surface area contributed by atoms with Gasteiger partial charge in [-0.15, -0.1) is 10.2 Å². The largest absolute Gasteiger partial charge is 0.423 e. The van der Waals surface area contributed by atoms with E-state index in [9.17, 15) is 4.79 Å². The standard InChI is InChI=1S/C12H17N5O2/c1-4-10-15-16-11(19-10)7-13-12(18)9-5-6-14-17(9)8(2)3/h5-6,8H,4,7H2,1-3H3,(H,13,18). The lowest BCUT2D eigenvalue weighted by atomic mass is 10.3. The first-order valence-corrected chi connectivity index (χ1v) is 6.24. The van der Waals surface area contributed by atoms with Gasteiger partial charge in [-0.3, -0.25) is 9.48 Å². The van der Waals surface area contributed by atoms with Gasteiger partial charge in [0.1, 0.15) is 5.69 Å². The Balaban J connectivity index is 1.99. The second-order valence-corrected chi connectivity index (χ2v) is 4.38. The Kier molecular flexibility index (Phi) is 3.94. The maximum absolute atomic E-state index is 12.0. The van der Waals surface area contributed by atoms with Gasteiger partial charge in [0, 0.05) is 18.7 Å². The van der Waals surface area contributed by atoms with E-state index < -0.39 is 0 Å². The number of carbonyl (C=O) groups is 1. The van der Waals surface area contributed by atoms with Gasteiger partial charge < -0.3 is 9.73 Å². The fourth-order valence-corrected chi connectivity index (χ4v) is 1.65. The number of rotatable bonds is 5. The van der Waals surface area contributed by atoms with Gasteiger partial charge in [-0.2, -0.15) is 5.10 Å². The van der Waals surface area contributed by atoms with Crippen molar-refractivity contribution in [2.24, 2.45) is 0 Å². The van der Waals surface area contributed by atoms with E-state index in [1.807, 2.05) is 20.8 Å². The van der Waals surface area contributed by atoms with Gasteiger partial charge in [0.25, 0.3) is 5.91 Å². The number of nitrogens with zero attached hydrogens (tertiary/aromatic N) is 4. The average molecular weight is 263 g/mol. The first-order valence-electron chi connectivity index (χ1n) is 6.24. The topological polar surface area (TPSA) is 85.8 Å². The molecule has 102 valence electrons. The highest BCUT2D eigenvalue weighted by molar-refractivity contribution is 5.92.